The quantitative estimate of drug-likeness (QED) is 0.414. The molecule has 0 aromatic carbocycles. The van der Waals surface area contributed by atoms with Crippen molar-refractivity contribution in [2.45, 2.75) is 27.2 Å². The molecule has 100 valence electrons. The summed E-state index contributed by atoms with van der Waals surface area (Å²) in [6.45, 7) is 6.87. The van der Waals surface area contributed by atoms with Crippen molar-refractivity contribution >= 4 is 17.5 Å². The number of aromatic nitrogens is 2. The maximum atomic E-state index is 10.8. The molecule has 4 N–H and O–H groups in total. The first-order valence-electron chi connectivity index (χ1n) is 5.55. The molecule has 0 fully saturated rings. The molecule has 0 spiro atoms. The summed E-state index contributed by atoms with van der Waals surface area (Å²) in [5, 5.41) is 13.8. The zero-order chi connectivity index (χ0) is 13.8. The highest BCUT2D eigenvalue weighted by Gasteiger charge is 2.17. The van der Waals surface area contributed by atoms with Gasteiger partial charge in [-0.05, 0) is 11.8 Å². The Morgan fingerprint density at radius 1 is 1.50 bits per heavy atom. The first-order valence-corrected chi connectivity index (χ1v) is 5.55. The lowest BCUT2D eigenvalue weighted by Crippen LogP contribution is -2.16. The van der Waals surface area contributed by atoms with E-state index in [9.17, 15) is 10.1 Å². The number of nitrogens with one attached hydrogen (secondary N) is 2. The van der Waals surface area contributed by atoms with E-state index < -0.39 is 4.92 Å². The summed E-state index contributed by atoms with van der Waals surface area (Å²) in [6.07, 6.45) is 1.99. The Kier molecular flexibility index (Phi) is 4.38. The summed E-state index contributed by atoms with van der Waals surface area (Å²) >= 11 is 0. The number of rotatable bonds is 5. The lowest BCUT2D eigenvalue weighted by molar-refractivity contribution is -0.384. The van der Waals surface area contributed by atoms with Gasteiger partial charge in [0.15, 0.2) is 0 Å². The second-order valence-corrected chi connectivity index (χ2v) is 5.07. The van der Waals surface area contributed by atoms with E-state index in [4.69, 9.17) is 5.84 Å². The smallest absolute Gasteiger partial charge is 0.329 e. The van der Waals surface area contributed by atoms with Gasteiger partial charge >= 0.3 is 5.69 Å². The molecule has 0 radical (unpaired) electrons. The van der Waals surface area contributed by atoms with Crippen molar-refractivity contribution in [1.82, 2.24) is 9.97 Å². The molecule has 0 aliphatic rings. The summed E-state index contributed by atoms with van der Waals surface area (Å²) in [7, 11) is 0. The van der Waals surface area contributed by atoms with Crippen molar-refractivity contribution < 1.29 is 4.92 Å². The molecule has 0 unspecified atom stereocenters. The van der Waals surface area contributed by atoms with Crippen LogP contribution in [0.5, 0.6) is 0 Å². The number of nitrogens with two attached hydrogens (primary N) is 1. The molecule has 0 aliphatic carbocycles. The molecule has 1 aromatic heterocycles. The van der Waals surface area contributed by atoms with Crippen LogP contribution < -0.4 is 16.6 Å². The Hall–Kier alpha value is -1.96. The van der Waals surface area contributed by atoms with Crippen molar-refractivity contribution in [2.75, 3.05) is 17.3 Å². The molecule has 0 aliphatic heterocycles. The number of anilines is 2. The lowest BCUT2D eigenvalue weighted by atomic mass is 9.92. The van der Waals surface area contributed by atoms with Crippen molar-refractivity contribution in [3.8, 4) is 0 Å². The van der Waals surface area contributed by atoms with Gasteiger partial charge in [-0.15, -0.1) is 0 Å². The molecule has 0 saturated carbocycles. The predicted octanol–water partition coefficient (Wildman–Crippen LogP) is 1.52. The molecule has 0 atom stereocenters. The molecule has 0 amide bonds. The minimum absolute atomic E-state index is 0.138. The van der Waals surface area contributed by atoms with Gasteiger partial charge < -0.3 is 5.32 Å². The van der Waals surface area contributed by atoms with Gasteiger partial charge in [0, 0.05) is 6.54 Å². The van der Waals surface area contributed by atoms with Crippen LogP contribution >= 0.6 is 0 Å². The van der Waals surface area contributed by atoms with E-state index in [1.807, 2.05) is 0 Å². The average Bonchev–Trinajstić information content (AvgIpc) is 2.26. The number of nitro groups is 1. The van der Waals surface area contributed by atoms with Gasteiger partial charge in [-0.25, -0.2) is 10.8 Å². The Morgan fingerprint density at radius 2 is 2.17 bits per heavy atom. The zero-order valence-electron chi connectivity index (χ0n) is 10.7. The van der Waals surface area contributed by atoms with E-state index in [-0.39, 0.29) is 22.9 Å². The minimum atomic E-state index is -0.528. The van der Waals surface area contributed by atoms with Crippen LogP contribution in [-0.2, 0) is 0 Å². The van der Waals surface area contributed by atoms with Gasteiger partial charge in [-0.1, -0.05) is 20.8 Å². The van der Waals surface area contributed by atoms with Gasteiger partial charge in [0.2, 0.25) is 11.8 Å². The van der Waals surface area contributed by atoms with E-state index in [2.05, 4.69) is 41.5 Å². The van der Waals surface area contributed by atoms with Crippen LogP contribution in [0.3, 0.4) is 0 Å². The third-order valence-corrected chi connectivity index (χ3v) is 2.26. The van der Waals surface area contributed by atoms with Crippen molar-refractivity contribution in [1.29, 1.82) is 0 Å². The van der Waals surface area contributed by atoms with E-state index in [1.54, 1.807) is 0 Å². The highest BCUT2D eigenvalue weighted by atomic mass is 16.6. The number of hydrazine groups is 1. The normalized spacial score (nSPS) is 11.1. The van der Waals surface area contributed by atoms with Crippen LogP contribution in [0.2, 0.25) is 0 Å². The molecule has 1 aromatic rings. The number of hydrogen-bond donors (Lipinski definition) is 3. The third kappa shape index (κ3) is 4.13. The number of nitrogen functional groups attached to an aromatic ring is 1. The van der Waals surface area contributed by atoms with E-state index in [1.165, 1.54) is 0 Å². The monoisotopic (exact) mass is 254 g/mol. The minimum Gasteiger partial charge on any atom is -0.364 e. The van der Waals surface area contributed by atoms with Crippen LogP contribution in [0.15, 0.2) is 6.20 Å². The van der Waals surface area contributed by atoms with Gasteiger partial charge in [0.05, 0.1) is 4.92 Å². The first kappa shape index (κ1) is 14.1. The molecule has 8 heteroatoms. The Bertz CT molecular complexity index is 429. The second kappa shape index (κ2) is 5.58. The summed E-state index contributed by atoms with van der Waals surface area (Å²) < 4.78 is 0. The molecule has 0 saturated heterocycles. The van der Waals surface area contributed by atoms with Crippen molar-refractivity contribution in [3.63, 3.8) is 0 Å². The zero-order valence-corrected chi connectivity index (χ0v) is 10.7. The summed E-state index contributed by atoms with van der Waals surface area (Å²) in [5.41, 5.74) is 2.23. The van der Waals surface area contributed by atoms with Gasteiger partial charge in [0.1, 0.15) is 6.20 Å². The van der Waals surface area contributed by atoms with E-state index in [0.717, 1.165) is 12.6 Å². The predicted molar refractivity (Wildman–Crippen MR) is 69.1 cm³/mol. The van der Waals surface area contributed by atoms with Crippen LogP contribution in [0.25, 0.3) is 0 Å². The third-order valence-electron chi connectivity index (χ3n) is 2.26. The van der Waals surface area contributed by atoms with Crippen LogP contribution in [0.1, 0.15) is 27.2 Å². The average molecular weight is 254 g/mol. The fourth-order valence-corrected chi connectivity index (χ4v) is 1.26. The molecule has 1 heterocycles. The van der Waals surface area contributed by atoms with Gasteiger partial charge in [-0.2, -0.15) is 4.98 Å². The van der Waals surface area contributed by atoms with Crippen LogP contribution in [0, 0.1) is 15.5 Å². The lowest BCUT2D eigenvalue weighted by Gasteiger charge is -2.18. The molecular weight excluding hydrogens is 236 g/mol. The van der Waals surface area contributed by atoms with Crippen LogP contribution in [-0.4, -0.2) is 21.4 Å². The fraction of sp³-hybridized carbons (Fsp3) is 0.600. The maximum Gasteiger partial charge on any atom is 0.329 e. The molecule has 18 heavy (non-hydrogen) atoms. The molecule has 1 rings (SSSR count). The topological polar surface area (TPSA) is 119 Å². The van der Waals surface area contributed by atoms with E-state index >= 15 is 0 Å². The molecular formula is C10H18N6O2. The van der Waals surface area contributed by atoms with Crippen molar-refractivity contribution in [2.24, 2.45) is 11.3 Å². The first-order chi connectivity index (χ1) is 8.33. The van der Waals surface area contributed by atoms with Gasteiger partial charge in [0.25, 0.3) is 0 Å². The SMILES string of the molecule is CC(C)(C)CCNc1nc(NN)ncc1[N+](=O)[O-]. The maximum absolute atomic E-state index is 10.8. The van der Waals surface area contributed by atoms with Gasteiger partial charge in [-0.3, -0.25) is 15.5 Å². The molecule has 0 bridgehead atoms. The summed E-state index contributed by atoms with van der Waals surface area (Å²) in [5.74, 6) is 5.48. The van der Waals surface area contributed by atoms with Crippen LogP contribution in [0.4, 0.5) is 17.5 Å². The highest BCUT2D eigenvalue weighted by molar-refractivity contribution is 5.56. The standard InChI is InChI=1S/C10H18N6O2/c1-10(2,3)4-5-12-8-7(16(17)18)6-13-9(14-8)15-11/h6H,4-5,11H2,1-3H3,(H2,12,13,14,15). The van der Waals surface area contributed by atoms with E-state index in [0.29, 0.717) is 6.54 Å². The molecule has 8 nitrogen and oxygen atoms in total. The Morgan fingerprint density at radius 3 is 2.67 bits per heavy atom. The van der Waals surface area contributed by atoms with Crippen molar-refractivity contribution in [3.05, 3.63) is 16.3 Å². The summed E-state index contributed by atoms with van der Waals surface area (Å²) in [4.78, 5) is 17.9. The highest BCUT2D eigenvalue weighted by Crippen LogP contribution is 2.23. The number of nitrogens with zero attached hydrogens (tertiary/aromatic N) is 3. The largest absolute Gasteiger partial charge is 0.364 e. The fourth-order valence-electron chi connectivity index (χ4n) is 1.26. The summed E-state index contributed by atoms with van der Waals surface area (Å²) in [6, 6.07) is 0. The Labute approximate surface area is 105 Å². The Balaban J connectivity index is 2.81. The second-order valence-electron chi connectivity index (χ2n) is 5.07. The number of hydrogen-bond acceptors (Lipinski definition) is 7.